The third-order valence-corrected chi connectivity index (χ3v) is 4.38. The summed E-state index contributed by atoms with van der Waals surface area (Å²) in [5.74, 6) is 0.833. The lowest BCUT2D eigenvalue weighted by molar-refractivity contribution is 0.0550. The highest BCUT2D eigenvalue weighted by Crippen LogP contribution is 2.30. The van der Waals surface area contributed by atoms with Crippen molar-refractivity contribution in [2.75, 3.05) is 13.2 Å². The van der Waals surface area contributed by atoms with E-state index in [1.165, 1.54) is 0 Å². The number of furan rings is 1. The molecule has 5 heteroatoms. The summed E-state index contributed by atoms with van der Waals surface area (Å²) in [6, 6.07) is 11.1. The Morgan fingerprint density at radius 2 is 2.04 bits per heavy atom. The molecule has 0 bridgehead atoms. The Hall–Kier alpha value is -1.78. The van der Waals surface area contributed by atoms with Crippen LogP contribution in [0.15, 0.2) is 40.8 Å². The highest BCUT2D eigenvalue weighted by molar-refractivity contribution is 6.33. The van der Waals surface area contributed by atoms with E-state index in [1.54, 1.807) is 18.2 Å². The third kappa shape index (κ3) is 3.28. The molecular weight excluding hydrogens is 314 g/mol. The number of benzene rings is 1. The van der Waals surface area contributed by atoms with Crippen molar-refractivity contribution in [1.82, 2.24) is 4.90 Å². The van der Waals surface area contributed by atoms with Crippen LogP contribution in [0.2, 0.25) is 5.02 Å². The molecule has 2 aromatic rings. The first-order chi connectivity index (χ1) is 11.1. The predicted octanol–water partition coefficient (Wildman–Crippen LogP) is 4.24. The lowest BCUT2D eigenvalue weighted by Crippen LogP contribution is -2.45. The van der Waals surface area contributed by atoms with Crippen LogP contribution in [0.4, 0.5) is 0 Å². The Labute approximate surface area is 141 Å². The average Bonchev–Trinajstić information content (AvgIpc) is 3.18. The van der Waals surface area contributed by atoms with E-state index in [1.807, 2.05) is 36.9 Å². The fourth-order valence-electron chi connectivity index (χ4n) is 2.95. The van der Waals surface area contributed by atoms with Crippen LogP contribution < -0.4 is 0 Å². The molecule has 1 aromatic carbocycles. The number of ether oxygens (including phenoxy) is 1. The van der Waals surface area contributed by atoms with E-state index in [2.05, 4.69) is 0 Å². The van der Waals surface area contributed by atoms with Crippen molar-refractivity contribution in [2.24, 2.45) is 0 Å². The van der Waals surface area contributed by atoms with Gasteiger partial charge in [-0.15, -0.1) is 0 Å². The van der Waals surface area contributed by atoms with E-state index < -0.39 is 0 Å². The number of carbonyl (C=O) groups is 1. The summed E-state index contributed by atoms with van der Waals surface area (Å²) in [5.41, 5.74) is 0.786. The molecular formula is C18H20ClNO3. The van der Waals surface area contributed by atoms with E-state index >= 15 is 0 Å². The lowest BCUT2D eigenvalue weighted by atomic mass is 10.1. The first kappa shape index (κ1) is 16.1. The number of rotatable bonds is 4. The normalized spacial score (nSPS) is 17.7. The average molecular weight is 334 g/mol. The molecule has 1 saturated heterocycles. The van der Waals surface area contributed by atoms with Crippen LogP contribution in [0, 0.1) is 0 Å². The molecule has 0 saturated carbocycles. The van der Waals surface area contributed by atoms with E-state index in [-0.39, 0.29) is 18.0 Å². The van der Waals surface area contributed by atoms with Gasteiger partial charge in [0.25, 0.3) is 5.91 Å². The molecule has 0 N–H and O–H groups in total. The minimum absolute atomic E-state index is 0.0862. The van der Waals surface area contributed by atoms with Crippen molar-refractivity contribution in [3.05, 3.63) is 47.2 Å². The van der Waals surface area contributed by atoms with Gasteiger partial charge in [-0.25, -0.2) is 0 Å². The molecule has 0 radical (unpaired) electrons. The van der Waals surface area contributed by atoms with Crippen LogP contribution in [0.5, 0.6) is 0 Å². The van der Waals surface area contributed by atoms with Gasteiger partial charge in [-0.2, -0.15) is 0 Å². The Morgan fingerprint density at radius 3 is 2.70 bits per heavy atom. The molecule has 1 amide bonds. The summed E-state index contributed by atoms with van der Waals surface area (Å²) in [5, 5.41) is 0.603. The van der Waals surface area contributed by atoms with Crippen molar-refractivity contribution >= 4 is 17.5 Å². The second-order valence-corrected chi connectivity index (χ2v) is 6.37. The molecule has 1 unspecified atom stereocenters. The van der Waals surface area contributed by atoms with E-state index in [0.717, 1.165) is 12.0 Å². The van der Waals surface area contributed by atoms with E-state index in [9.17, 15) is 4.79 Å². The van der Waals surface area contributed by atoms with Gasteiger partial charge < -0.3 is 14.1 Å². The minimum Gasteiger partial charge on any atom is -0.451 e. The fourth-order valence-corrected chi connectivity index (χ4v) is 3.18. The number of hydrogen-bond donors (Lipinski definition) is 0. The van der Waals surface area contributed by atoms with Gasteiger partial charge in [-0.1, -0.05) is 23.7 Å². The number of carbonyl (C=O) groups excluding carboxylic acids is 1. The minimum atomic E-state index is -0.103. The first-order valence-corrected chi connectivity index (χ1v) is 8.21. The molecule has 2 heterocycles. The van der Waals surface area contributed by atoms with Crippen molar-refractivity contribution < 1.29 is 13.9 Å². The lowest BCUT2D eigenvalue weighted by Gasteiger charge is -2.31. The fraction of sp³-hybridized carbons (Fsp3) is 0.389. The molecule has 1 atom stereocenters. The molecule has 0 aliphatic carbocycles. The highest BCUT2D eigenvalue weighted by atomic mass is 35.5. The van der Waals surface area contributed by atoms with Gasteiger partial charge in [0.2, 0.25) is 0 Å². The van der Waals surface area contributed by atoms with E-state index in [4.69, 9.17) is 20.8 Å². The van der Waals surface area contributed by atoms with Crippen LogP contribution in [0.1, 0.15) is 30.8 Å². The van der Waals surface area contributed by atoms with E-state index in [0.29, 0.717) is 29.8 Å². The Bertz CT molecular complexity index is 689. The smallest absolute Gasteiger partial charge is 0.290 e. The quantitative estimate of drug-likeness (QED) is 0.840. The second-order valence-electron chi connectivity index (χ2n) is 5.97. The molecule has 0 spiro atoms. The zero-order valence-corrected chi connectivity index (χ0v) is 14.0. The Morgan fingerprint density at radius 1 is 1.26 bits per heavy atom. The Kier molecular flexibility index (Phi) is 4.74. The summed E-state index contributed by atoms with van der Waals surface area (Å²) < 4.78 is 11.2. The molecule has 1 fully saturated rings. The summed E-state index contributed by atoms with van der Waals surface area (Å²) in [7, 11) is 0. The van der Waals surface area contributed by atoms with Gasteiger partial charge in [-0.3, -0.25) is 4.79 Å². The Balaban J connectivity index is 1.86. The maximum atomic E-state index is 12.8. The van der Waals surface area contributed by atoms with Crippen molar-refractivity contribution in [3.63, 3.8) is 0 Å². The zero-order valence-electron chi connectivity index (χ0n) is 13.3. The molecule has 3 rings (SSSR count). The highest BCUT2D eigenvalue weighted by Gasteiger charge is 2.31. The summed E-state index contributed by atoms with van der Waals surface area (Å²) in [6.07, 6.45) is 0.863. The number of amides is 1. The summed E-state index contributed by atoms with van der Waals surface area (Å²) in [4.78, 5) is 14.7. The SMILES string of the molecule is CC(C)N(C(=O)c1ccc(-c2ccccc2Cl)o1)C1CCOC1. The van der Waals surface area contributed by atoms with Gasteiger partial charge in [0.05, 0.1) is 17.7 Å². The van der Waals surface area contributed by atoms with Crippen molar-refractivity contribution in [2.45, 2.75) is 32.4 Å². The molecule has 1 aromatic heterocycles. The zero-order chi connectivity index (χ0) is 16.4. The number of nitrogens with zero attached hydrogens (tertiary/aromatic N) is 1. The van der Waals surface area contributed by atoms with Crippen LogP contribution in [0.3, 0.4) is 0 Å². The largest absolute Gasteiger partial charge is 0.451 e. The molecule has 1 aliphatic heterocycles. The van der Waals surface area contributed by atoms with Crippen molar-refractivity contribution in [3.8, 4) is 11.3 Å². The van der Waals surface area contributed by atoms with Gasteiger partial charge in [-0.05, 0) is 44.5 Å². The maximum Gasteiger partial charge on any atom is 0.290 e. The van der Waals surface area contributed by atoms with Crippen LogP contribution in [-0.2, 0) is 4.74 Å². The third-order valence-electron chi connectivity index (χ3n) is 4.05. The topological polar surface area (TPSA) is 42.7 Å². The van der Waals surface area contributed by atoms with Gasteiger partial charge in [0.15, 0.2) is 5.76 Å². The van der Waals surface area contributed by atoms with Crippen LogP contribution in [0.25, 0.3) is 11.3 Å². The van der Waals surface area contributed by atoms with Crippen molar-refractivity contribution in [1.29, 1.82) is 0 Å². The second kappa shape index (κ2) is 6.77. The monoisotopic (exact) mass is 333 g/mol. The summed E-state index contributed by atoms with van der Waals surface area (Å²) in [6.45, 7) is 5.30. The summed E-state index contributed by atoms with van der Waals surface area (Å²) >= 11 is 6.19. The standard InChI is InChI=1S/C18H20ClNO3/c1-12(2)20(13-9-10-22-11-13)18(21)17-8-7-16(23-17)14-5-3-4-6-15(14)19/h3-8,12-13H,9-11H2,1-2H3. The predicted molar refractivity (Wildman–Crippen MR) is 89.7 cm³/mol. The van der Waals surface area contributed by atoms with Gasteiger partial charge >= 0.3 is 0 Å². The van der Waals surface area contributed by atoms with Gasteiger partial charge in [0, 0.05) is 18.2 Å². The molecule has 4 nitrogen and oxygen atoms in total. The number of hydrogen-bond acceptors (Lipinski definition) is 3. The van der Waals surface area contributed by atoms with Crippen LogP contribution >= 0.6 is 11.6 Å². The molecule has 23 heavy (non-hydrogen) atoms. The van der Waals surface area contributed by atoms with Gasteiger partial charge in [0.1, 0.15) is 5.76 Å². The first-order valence-electron chi connectivity index (χ1n) is 7.83. The van der Waals surface area contributed by atoms with Crippen LogP contribution in [-0.4, -0.2) is 36.1 Å². The number of halogens is 1. The molecule has 1 aliphatic rings. The maximum absolute atomic E-state index is 12.8. The molecule has 122 valence electrons.